The molecule has 0 aliphatic carbocycles. The largest absolute Gasteiger partial charge is 0.485 e. The van der Waals surface area contributed by atoms with Gasteiger partial charge in [0.15, 0.2) is 12.4 Å². The van der Waals surface area contributed by atoms with Crippen molar-refractivity contribution in [2.45, 2.75) is 0 Å². The topological polar surface area (TPSA) is 39.2 Å². The molecule has 104 valence electrons. The first-order chi connectivity index (χ1) is 10.2. The molecule has 0 radical (unpaired) electrons. The van der Waals surface area contributed by atoms with Gasteiger partial charge >= 0.3 is 0 Å². The number of Topliss-reactive ketones (excluding diaryl/α,β-unsaturated/α-hetero) is 1. The maximum atomic E-state index is 12.2. The van der Waals surface area contributed by atoms with E-state index in [1.54, 1.807) is 42.6 Å². The van der Waals surface area contributed by atoms with Crippen LogP contribution in [0.3, 0.4) is 0 Å². The Labute approximate surface area is 127 Å². The van der Waals surface area contributed by atoms with Gasteiger partial charge in [0.2, 0.25) is 0 Å². The second-order valence-corrected chi connectivity index (χ2v) is 5.02. The molecule has 0 saturated carbocycles. The Kier molecular flexibility index (Phi) is 3.84. The highest BCUT2D eigenvalue weighted by molar-refractivity contribution is 6.30. The number of hydrogen-bond acceptors (Lipinski definition) is 3. The summed E-state index contributed by atoms with van der Waals surface area (Å²) in [5, 5.41) is 1.58. The number of benzene rings is 2. The Hall–Kier alpha value is -2.39. The molecule has 0 saturated heterocycles. The summed E-state index contributed by atoms with van der Waals surface area (Å²) in [6, 6.07) is 16.2. The highest BCUT2D eigenvalue weighted by atomic mass is 35.5. The summed E-state index contributed by atoms with van der Waals surface area (Å²) in [4.78, 5) is 16.4. The van der Waals surface area contributed by atoms with Crippen LogP contribution in [0.4, 0.5) is 0 Å². The molecule has 0 aliphatic rings. The molecule has 2 aromatic carbocycles. The molecule has 0 unspecified atom stereocenters. The summed E-state index contributed by atoms with van der Waals surface area (Å²) in [6.45, 7) is -0.0291. The Morgan fingerprint density at radius 2 is 2.00 bits per heavy atom. The highest BCUT2D eigenvalue weighted by Crippen LogP contribution is 2.18. The average Bonchev–Trinajstić information content (AvgIpc) is 2.52. The minimum atomic E-state index is -0.0949. The van der Waals surface area contributed by atoms with Gasteiger partial charge in [-0.1, -0.05) is 35.9 Å². The van der Waals surface area contributed by atoms with Crippen LogP contribution in [-0.4, -0.2) is 17.4 Å². The number of pyridine rings is 1. The van der Waals surface area contributed by atoms with Crippen molar-refractivity contribution >= 4 is 28.3 Å². The fraction of sp³-hybridized carbons (Fsp3) is 0.0588. The number of ketones is 1. The van der Waals surface area contributed by atoms with Gasteiger partial charge in [-0.2, -0.15) is 0 Å². The lowest BCUT2D eigenvalue weighted by Gasteiger charge is -2.06. The molecule has 1 heterocycles. The monoisotopic (exact) mass is 297 g/mol. The van der Waals surface area contributed by atoms with E-state index in [4.69, 9.17) is 16.3 Å². The minimum absolute atomic E-state index is 0.0291. The smallest absolute Gasteiger partial charge is 0.200 e. The number of halogens is 1. The molecule has 3 nitrogen and oxygen atoms in total. The highest BCUT2D eigenvalue weighted by Gasteiger charge is 2.08. The van der Waals surface area contributed by atoms with Crippen LogP contribution in [0, 0.1) is 0 Å². The molecule has 0 bridgehead atoms. The van der Waals surface area contributed by atoms with Gasteiger partial charge in [-0.25, -0.2) is 0 Å². The third-order valence-electron chi connectivity index (χ3n) is 3.09. The van der Waals surface area contributed by atoms with Gasteiger partial charge in [-0.05, 0) is 30.3 Å². The number of carbonyl (C=O) groups excluding carboxylic acids is 1. The van der Waals surface area contributed by atoms with E-state index in [0.29, 0.717) is 16.3 Å². The van der Waals surface area contributed by atoms with Crippen molar-refractivity contribution in [1.82, 2.24) is 4.98 Å². The van der Waals surface area contributed by atoms with Gasteiger partial charge in [-0.3, -0.25) is 9.78 Å². The molecule has 0 atom stereocenters. The first-order valence-corrected chi connectivity index (χ1v) is 6.86. The van der Waals surface area contributed by atoms with Gasteiger partial charge in [-0.15, -0.1) is 0 Å². The summed E-state index contributed by atoms with van der Waals surface area (Å²) < 4.78 is 5.46. The van der Waals surface area contributed by atoms with E-state index in [-0.39, 0.29) is 12.4 Å². The second kappa shape index (κ2) is 5.94. The van der Waals surface area contributed by atoms with Gasteiger partial charge in [0.25, 0.3) is 0 Å². The molecule has 3 aromatic rings. The fourth-order valence-corrected chi connectivity index (χ4v) is 2.21. The molecule has 3 rings (SSSR count). The molecular weight excluding hydrogens is 286 g/mol. The Bertz CT molecular complexity index is 801. The molecule has 0 spiro atoms. The minimum Gasteiger partial charge on any atom is -0.485 e. The second-order valence-electron chi connectivity index (χ2n) is 4.58. The SMILES string of the molecule is O=C(COc1cccc(Cl)c1)c1ccc2cccnc2c1. The van der Waals surface area contributed by atoms with Gasteiger partial charge in [0.05, 0.1) is 5.52 Å². The van der Waals surface area contributed by atoms with E-state index < -0.39 is 0 Å². The zero-order chi connectivity index (χ0) is 14.7. The fourth-order valence-electron chi connectivity index (χ4n) is 2.03. The first kappa shape index (κ1) is 13.6. The number of fused-ring (bicyclic) bond motifs is 1. The van der Waals surface area contributed by atoms with Crippen molar-refractivity contribution in [3.8, 4) is 5.75 Å². The van der Waals surface area contributed by atoms with Crippen LogP contribution in [0.25, 0.3) is 10.9 Å². The standard InChI is InChI=1S/C17H12ClNO2/c18-14-4-1-5-15(10-14)21-11-17(20)13-7-6-12-3-2-8-19-16(12)9-13/h1-10H,11H2. The lowest BCUT2D eigenvalue weighted by molar-refractivity contribution is 0.0921. The Morgan fingerprint density at radius 3 is 2.86 bits per heavy atom. The molecule has 0 aliphatic heterocycles. The summed E-state index contributed by atoms with van der Waals surface area (Å²) in [7, 11) is 0. The quantitative estimate of drug-likeness (QED) is 0.679. The van der Waals surface area contributed by atoms with E-state index >= 15 is 0 Å². The molecule has 0 amide bonds. The van der Waals surface area contributed by atoms with E-state index in [2.05, 4.69) is 4.98 Å². The van der Waals surface area contributed by atoms with Crippen LogP contribution >= 0.6 is 11.6 Å². The normalized spacial score (nSPS) is 10.5. The molecular formula is C17H12ClNO2. The summed E-state index contributed by atoms with van der Waals surface area (Å²) in [5.74, 6) is 0.484. The number of aromatic nitrogens is 1. The number of hydrogen-bond donors (Lipinski definition) is 0. The van der Waals surface area contributed by atoms with Crippen LogP contribution < -0.4 is 4.74 Å². The van der Waals surface area contributed by atoms with Crippen LogP contribution in [0.5, 0.6) is 5.75 Å². The predicted molar refractivity (Wildman–Crippen MR) is 83.0 cm³/mol. The zero-order valence-corrected chi connectivity index (χ0v) is 11.9. The van der Waals surface area contributed by atoms with E-state index in [1.165, 1.54) is 0 Å². The van der Waals surface area contributed by atoms with Gasteiger partial charge in [0, 0.05) is 22.2 Å². The molecule has 0 fully saturated rings. The summed E-state index contributed by atoms with van der Waals surface area (Å²) >= 11 is 5.87. The van der Waals surface area contributed by atoms with Crippen molar-refractivity contribution in [3.05, 3.63) is 71.4 Å². The Morgan fingerprint density at radius 1 is 1.10 bits per heavy atom. The van der Waals surface area contributed by atoms with Crippen molar-refractivity contribution in [2.75, 3.05) is 6.61 Å². The number of rotatable bonds is 4. The van der Waals surface area contributed by atoms with Crippen LogP contribution in [0.1, 0.15) is 10.4 Å². The van der Waals surface area contributed by atoms with Crippen molar-refractivity contribution in [3.63, 3.8) is 0 Å². The van der Waals surface area contributed by atoms with E-state index in [0.717, 1.165) is 10.9 Å². The number of nitrogens with zero attached hydrogens (tertiary/aromatic N) is 1. The van der Waals surface area contributed by atoms with Crippen LogP contribution in [0.15, 0.2) is 60.8 Å². The lowest BCUT2D eigenvalue weighted by Crippen LogP contribution is -2.11. The van der Waals surface area contributed by atoms with E-state index in [9.17, 15) is 4.79 Å². The molecule has 4 heteroatoms. The van der Waals surface area contributed by atoms with Crippen LogP contribution in [0.2, 0.25) is 5.02 Å². The molecule has 21 heavy (non-hydrogen) atoms. The summed E-state index contributed by atoms with van der Waals surface area (Å²) in [6.07, 6.45) is 1.71. The van der Waals surface area contributed by atoms with Crippen LogP contribution in [-0.2, 0) is 0 Å². The summed E-state index contributed by atoms with van der Waals surface area (Å²) in [5.41, 5.74) is 1.38. The van der Waals surface area contributed by atoms with Crippen molar-refractivity contribution in [1.29, 1.82) is 0 Å². The van der Waals surface area contributed by atoms with Crippen molar-refractivity contribution in [2.24, 2.45) is 0 Å². The lowest BCUT2D eigenvalue weighted by atomic mass is 10.1. The van der Waals surface area contributed by atoms with E-state index in [1.807, 2.05) is 18.2 Å². The first-order valence-electron chi connectivity index (χ1n) is 6.49. The van der Waals surface area contributed by atoms with Gasteiger partial charge in [0.1, 0.15) is 5.75 Å². The zero-order valence-electron chi connectivity index (χ0n) is 11.1. The maximum Gasteiger partial charge on any atom is 0.200 e. The molecule has 1 aromatic heterocycles. The van der Waals surface area contributed by atoms with Crippen molar-refractivity contribution < 1.29 is 9.53 Å². The van der Waals surface area contributed by atoms with Gasteiger partial charge < -0.3 is 4.74 Å². The third-order valence-corrected chi connectivity index (χ3v) is 3.33. The average molecular weight is 298 g/mol. The predicted octanol–water partition coefficient (Wildman–Crippen LogP) is 4.15. The number of ether oxygens (including phenoxy) is 1. The maximum absolute atomic E-state index is 12.2. The third kappa shape index (κ3) is 3.20. The number of carbonyl (C=O) groups is 1. The Balaban J connectivity index is 1.74. The molecule has 0 N–H and O–H groups in total.